The molecule has 0 aliphatic heterocycles. The van der Waals surface area contributed by atoms with E-state index in [1.807, 2.05) is 18.0 Å². The summed E-state index contributed by atoms with van der Waals surface area (Å²) in [6.07, 6.45) is 3.07. The zero-order valence-corrected chi connectivity index (χ0v) is 12.8. The summed E-state index contributed by atoms with van der Waals surface area (Å²) < 4.78 is 0. The minimum atomic E-state index is 0.385. The van der Waals surface area contributed by atoms with Crippen LogP contribution in [0.25, 0.3) is 0 Å². The fourth-order valence-electron chi connectivity index (χ4n) is 1.73. The van der Waals surface area contributed by atoms with Gasteiger partial charge >= 0.3 is 0 Å². The Balaban J connectivity index is 2.50. The molecule has 0 aliphatic rings. The van der Waals surface area contributed by atoms with Crippen LogP contribution in [0.3, 0.4) is 0 Å². The summed E-state index contributed by atoms with van der Waals surface area (Å²) in [5.41, 5.74) is 1.15. The van der Waals surface area contributed by atoms with E-state index in [1.54, 1.807) is 0 Å². The van der Waals surface area contributed by atoms with E-state index in [-0.39, 0.29) is 0 Å². The molecule has 3 nitrogen and oxygen atoms in total. The average Bonchev–Trinajstić information content (AvgIpc) is 2.36. The van der Waals surface area contributed by atoms with Gasteiger partial charge < -0.3 is 10.2 Å². The van der Waals surface area contributed by atoms with Crippen molar-refractivity contribution in [1.82, 2.24) is 15.2 Å². The second-order valence-electron chi connectivity index (χ2n) is 4.59. The van der Waals surface area contributed by atoms with E-state index < -0.39 is 0 Å². The Labute approximate surface area is 115 Å². The van der Waals surface area contributed by atoms with E-state index in [1.165, 1.54) is 4.90 Å². The van der Waals surface area contributed by atoms with Gasteiger partial charge in [-0.15, -0.1) is 11.8 Å². The van der Waals surface area contributed by atoms with Crippen molar-refractivity contribution in [3.63, 3.8) is 0 Å². The molecule has 1 heterocycles. The molecule has 0 aliphatic carbocycles. The number of nitrogens with one attached hydrogen (secondary N) is 1. The van der Waals surface area contributed by atoms with Crippen molar-refractivity contribution in [2.45, 2.75) is 31.2 Å². The predicted molar refractivity (Wildman–Crippen MR) is 80.2 cm³/mol. The molecule has 0 radical (unpaired) electrons. The molecular formula is C14H25N3S. The maximum atomic E-state index is 4.57. The number of hydrogen-bond donors (Lipinski definition) is 1. The van der Waals surface area contributed by atoms with Crippen LogP contribution in [0, 0.1) is 0 Å². The fraction of sp³-hybridized carbons (Fsp3) is 0.643. The third kappa shape index (κ3) is 5.38. The van der Waals surface area contributed by atoms with E-state index in [0.29, 0.717) is 6.04 Å². The lowest BCUT2D eigenvalue weighted by molar-refractivity contribution is 0.437. The second-order valence-corrected chi connectivity index (χ2v) is 5.76. The van der Waals surface area contributed by atoms with Crippen molar-refractivity contribution in [2.75, 3.05) is 32.9 Å². The average molecular weight is 267 g/mol. The maximum Gasteiger partial charge on any atom is 0.0573 e. The van der Waals surface area contributed by atoms with Crippen LogP contribution in [0.1, 0.15) is 32.0 Å². The molecule has 0 bridgehead atoms. The first-order chi connectivity index (χ1) is 8.67. The predicted octanol–water partition coefficient (Wildman–Crippen LogP) is 2.80. The lowest BCUT2D eigenvalue weighted by atomic mass is 10.1. The summed E-state index contributed by atoms with van der Waals surface area (Å²) in [4.78, 5) is 8.03. The third-order valence-corrected chi connectivity index (χ3v) is 3.74. The second kappa shape index (κ2) is 8.51. The Hall–Kier alpha value is -0.580. The minimum Gasteiger partial charge on any atom is -0.309 e. The molecule has 0 amide bonds. The van der Waals surface area contributed by atoms with Crippen molar-refractivity contribution in [2.24, 2.45) is 0 Å². The topological polar surface area (TPSA) is 28.2 Å². The fourth-order valence-corrected chi connectivity index (χ4v) is 2.72. The SMILES string of the molecule is CCNC(CC)c1ccc(SCCN(C)C)cn1. The first kappa shape index (κ1) is 15.5. The van der Waals surface area contributed by atoms with E-state index in [4.69, 9.17) is 0 Å². The molecule has 1 rings (SSSR count). The first-order valence-electron chi connectivity index (χ1n) is 6.64. The summed E-state index contributed by atoms with van der Waals surface area (Å²) in [6, 6.07) is 4.72. The molecule has 102 valence electrons. The Kier molecular flexibility index (Phi) is 7.32. The van der Waals surface area contributed by atoms with Crippen LogP contribution < -0.4 is 5.32 Å². The highest BCUT2D eigenvalue weighted by Crippen LogP contribution is 2.20. The first-order valence-corrected chi connectivity index (χ1v) is 7.62. The van der Waals surface area contributed by atoms with Gasteiger partial charge in [0.15, 0.2) is 0 Å². The quantitative estimate of drug-likeness (QED) is 0.733. The van der Waals surface area contributed by atoms with Gasteiger partial charge in [0.1, 0.15) is 0 Å². The van der Waals surface area contributed by atoms with Crippen molar-refractivity contribution in [1.29, 1.82) is 0 Å². The Morgan fingerprint density at radius 3 is 2.61 bits per heavy atom. The van der Waals surface area contributed by atoms with Gasteiger partial charge in [-0.1, -0.05) is 13.8 Å². The van der Waals surface area contributed by atoms with Gasteiger partial charge in [-0.2, -0.15) is 0 Å². The Morgan fingerprint density at radius 1 is 1.33 bits per heavy atom. The number of nitrogens with zero attached hydrogens (tertiary/aromatic N) is 2. The van der Waals surface area contributed by atoms with Crippen molar-refractivity contribution < 1.29 is 0 Å². The van der Waals surface area contributed by atoms with Crippen LogP contribution in [0.15, 0.2) is 23.2 Å². The molecule has 18 heavy (non-hydrogen) atoms. The molecule has 1 aromatic rings. The molecule has 1 unspecified atom stereocenters. The molecular weight excluding hydrogens is 242 g/mol. The van der Waals surface area contributed by atoms with Crippen LogP contribution in [0.5, 0.6) is 0 Å². The number of pyridine rings is 1. The maximum absolute atomic E-state index is 4.57. The Bertz CT molecular complexity index is 324. The smallest absolute Gasteiger partial charge is 0.0573 e. The van der Waals surface area contributed by atoms with Crippen molar-refractivity contribution in [3.05, 3.63) is 24.0 Å². The van der Waals surface area contributed by atoms with Gasteiger partial charge in [0.2, 0.25) is 0 Å². The highest BCUT2D eigenvalue weighted by Gasteiger charge is 2.08. The normalized spacial score (nSPS) is 12.9. The number of rotatable bonds is 8. The van der Waals surface area contributed by atoms with Crippen LogP contribution in [-0.2, 0) is 0 Å². The monoisotopic (exact) mass is 267 g/mol. The third-order valence-electron chi connectivity index (χ3n) is 2.78. The molecule has 1 atom stereocenters. The molecule has 0 aromatic carbocycles. The molecule has 0 saturated carbocycles. The highest BCUT2D eigenvalue weighted by atomic mass is 32.2. The standard InChI is InChI=1S/C14H25N3S/c1-5-13(15-6-2)14-8-7-12(11-16-14)18-10-9-17(3)4/h7-8,11,13,15H,5-6,9-10H2,1-4H3. The van der Waals surface area contributed by atoms with E-state index in [0.717, 1.165) is 31.0 Å². The summed E-state index contributed by atoms with van der Waals surface area (Å²) in [7, 11) is 4.20. The summed E-state index contributed by atoms with van der Waals surface area (Å²) in [5, 5.41) is 3.45. The van der Waals surface area contributed by atoms with Crippen LogP contribution in [0.4, 0.5) is 0 Å². The zero-order chi connectivity index (χ0) is 13.4. The number of aromatic nitrogens is 1. The van der Waals surface area contributed by atoms with Gasteiger partial charge in [0.25, 0.3) is 0 Å². The molecule has 0 saturated heterocycles. The van der Waals surface area contributed by atoms with Gasteiger partial charge in [-0.05, 0) is 39.2 Å². The molecule has 4 heteroatoms. The Morgan fingerprint density at radius 2 is 2.11 bits per heavy atom. The highest BCUT2D eigenvalue weighted by molar-refractivity contribution is 7.99. The van der Waals surface area contributed by atoms with Gasteiger partial charge in [-0.3, -0.25) is 4.98 Å². The largest absolute Gasteiger partial charge is 0.309 e. The lowest BCUT2D eigenvalue weighted by Crippen LogP contribution is -2.20. The van der Waals surface area contributed by atoms with Gasteiger partial charge in [0, 0.05) is 29.4 Å². The van der Waals surface area contributed by atoms with E-state index in [2.05, 4.69) is 55.3 Å². The van der Waals surface area contributed by atoms with E-state index >= 15 is 0 Å². The van der Waals surface area contributed by atoms with Gasteiger partial charge in [-0.25, -0.2) is 0 Å². The summed E-state index contributed by atoms with van der Waals surface area (Å²) in [6.45, 7) is 6.41. The van der Waals surface area contributed by atoms with Crippen LogP contribution in [0.2, 0.25) is 0 Å². The van der Waals surface area contributed by atoms with Crippen molar-refractivity contribution >= 4 is 11.8 Å². The van der Waals surface area contributed by atoms with Gasteiger partial charge in [0.05, 0.1) is 5.69 Å². The number of thioether (sulfide) groups is 1. The molecule has 1 N–H and O–H groups in total. The van der Waals surface area contributed by atoms with Crippen LogP contribution in [-0.4, -0.2) is 42.8 Å². The van der Waals surface area contributed by atoms with Crippen LogP contribution >= 0.6 is 11.8 Å². The number of hydrogen-bond acceptors (Lipinski definition) is 4. The summed E-state index contributed by atoms with van der Waals surface area (Å²) in [5.74, 6) is 1.11. The molecule has 1 aromatic heterocycles. The molecule has 0 fully saturated rings. The summed E-state index contributed by atoms with van der Waals surface area (Å²) >= 11 is 1.87. The lowest BCUT2D eigenvalue weighted by Gasteiger charge is -2.15. The minimum absolute atomic E-state index is 0.385. The zero-order valence-electron chi connectivity index (χ0n) is 11.9. The van der Waals surface area contributed by atoms with Crippen molar-refractivity contribution in [3.8, 4) is 0 Å². The van der Waals surface area contributed by atoms with E-state index in [9.17, 15) is 0 Å². The molecule has 0 spiro atoms.